The van der Waals surface area contributed by atoms with E-state index in [9.17, 15) is 4.79 Å². The lowest BCUT2D eigenvalue weighted by Crippen LogP contribution is -2.64. The van der Waals surface area contributed by atoms with Gasteiger partial charge in [-0.3, -0.25) is 14.6 Å². The fourth-order valence-electron chi connectivity index (χ4n) is 3.94. The van der Waals surface area contributed by atoms with Crippen LogP contribution in [-0.4, -0.2) is 54.6 Å². The van der Waals surface area contributed by atoms with Crippen LogP contribution >= 0.6 is 11.3 Å². The molecule has 5 nitrogen and oxygen atoms in total. The van der Waals surface area contributed by atoms with Gasteiger partial charge in [0.05, 0.1) is 0 Å². The van der Waals surface area contributed by atoms with Crippen molar-refractivity contribution in [3.8, 4) is 0 Å². The van der Waals surface area contributed by atoms with Crippen molar-refractivity contribution in [2.45, 2.75) is 44.1 Å². The molecule has 0 radical (unpaired) electrons. The molecular weight excluding hydrogens is 296 g/mol. The van der Waals surface area contributed by atoms with Gasteiger partial charge in [0.15, 0.2) is 5.13 Å². The number of anilines is 1. The summed E-state index contributed by atoms with van der Waals surface area (Å²) in [4.78, 5) is 23.0. The van der Waals surface area contributed by atoms with E-state index in [4.69, 9.17) is 0 Å². The molecule has 1 atom stereocenters. The molecule has 1 saturated carbocycles. The molecule has 1 unspecified atom stereocenters. The smallest absolute Gasteiger partial charge is 0.247 e. The average Bonchev–Trinajstić information content (AvgIpc) is 3.06. The second kappa shape index (κ2) is 6.26. The molecule has 0 aromatic carbocycles. The summed E-state index contributed by atoms with van der Waals surface area (Å²) in [5.74, 6) is 0.899. The summed E-state index contributed by atoms with van der Waals surface area (Å²) >= 11 is 1.74. The zero-order valence-electron chi connectivity index (χ0n) is 13.0. The van der Waals surface area contributed by atoms with Gasteiger partial charge in [-0.05, 0) is 18.8 Å². The second-order valence-electron chi connectivity index (χ2n) is 6.63. The molecular formula is C16H24N4OS. The summed E-state index contributed by atoms with van der Waals surface area (Å²) in [7, 11) is 0. The van der Waals surface area contributed by atoms with E-state index in [0.717, 1.165) is 37.9 Å². The monoisotopic (exact) mass is 320 g/mol. The normalized spacial score (nSPS) is 27.9. The van der Waals surface area contributed by atoms with Crippen molar-refractivity contribution in [1.29, 1.82) is 0 Å². The molecule has 3 heterocycles. The van der Waals surface area contributed by atoms with E-state index >= 15 is 0 Å². The summed E-state index contributed by atoms with van der Waals surface area (Å²) in [6.45, 7) is 4.50. The molecule has 120 valence electrons. The molecule has 3 fully saturated rings. The first-order valence-electron chi connectivity index (χ1n) is 8.55. The van der Waals surface area contributed by atoms with Gasteiger partial charge in [0.25, 0.3) is 0 Å². The number of carbonyl (C=O) groups excluding carboxylic acids is 1. The molecule has 1 aliphatic carbocycles. The minimum atomic E-state index is 0.00419. The van der Waals surface area contributed by atoms with Crippen LogP contribution in [0.25, 0.3) is 0 Å². The van der Waals surface area contributed by atoms with Crippen LogP contribution in [0.5, 0.6) is 0 Å². The lowest BCUT2D eigenvalue weighted by atomic mass is 9.89. The van der Waals surface area contributed by atoms with E-state index in [1.165, 1.54) is 37.0 Å². The summed E-state index contributed by atoms with van der Waals surface area (Å²) in [6, 6.07) is 0.00419. The highest BCUT2D eigenvalue weighted by molar-refractivity contribution is 7.15. The van der Waals surface area contributed by atoms with E-state index in [0.29, 0.717) is 5.92 Å². The Balaban J connectivity index is 1.49. The Kier molecular flexibility index (Phi) is 4.15. The molecule has 2 aliphatic heterocycles. The quantitative estimate of drug-likeness (QED) is 0.903. The first-order valence-corrected chi connectivity index (χ1v) is 9.36. The zero-order chi connectivity index (χ0) is 14.9. The zero-order valence-corrected chi connectivity index (χ0v) is 13.8. The average molecular weight is 320 g/mol. The van der Waals surface area contributed by atoms with E-state index in [-0.39, 0.29) is 11.9 Å². The molecule has 0 bridgehead atoms. The predicted molar refractivity (Wildman–Crippen MR) is 88.5 cm³/mol. The Morgan fingerprint density at radius 1 is 1.18 bits per heavy atom. The van der Waals surface area contributed by atoms with Crippen molar-refractivity contribution in [2.24, 2.45) is 0 Å². The number of rotatable bonds is 2. The molecule has 6 heteroatoms. The van der Waals surface area contributed by atoms with Gasteiger partial charge in [0.2, 0.25) is 5.91 Å². The van der Waals surface area contributed by atoms with Crippen LogP contribution in [0.4, 0.5) is 5.13 Å². The van der Waals surface area contributed by atoms with Crippen LogP contribution < -0.4 is 10.2 Å². The maximum atomic E-state index is 12.8. The molecule has 1 amide bonds. The van der Waals surface area contributed by atoms with Crippen molar-refractivity contribution in [1.82, 2.24) is 15.2 Å². The van der Waals surface area contributed by atoms with Crippen LogP contribution in [0.15, 0.2) is 6.20 Å². The number of piperazine rings is 2. The third kappa shape index (κ3) is 2.68. The summed E-state index contributed by atoms with van der Waals surface area (Å²) < 4.78 is 0. The fraction of sp³-hybridized carbons (Fsp3) is 0.750. The van der Waals surface area contributed by atoms with Crippen molar-refractivity contribution >= 4 is 22.4 Å². The number of nitrogens with one attached hydrogen (secondary N) is 1. The van der Waals surface area contributed by atoms with Crippen molar-refractivity contribution < 1.29 is 4.79 Å². The van der Waals surface area contributed by atoms with E-state index < -0.39 is 0 Å². The lowest BCUT2D eigenvalue weighted by Gasteiger charge is -2.42. The molecule has 22 heavy (non-hydrogen) atoms. The minimum Gasteiger partial charge on any atom is -0.313 e. The molecule has 2 saturated heterocycles. The van der Waals surface area contributed by atoms with Gasteiger partial charge in [0, 0.05) is 43.8 Å². The highest BCUT2D eigenvalue weighted by Gasteiger charge is 2.37. The van der Waals surface area contributed by atoms with Crippen molar-refractivity contribution in [3.05, 3.63) is 11.1 Å². The Labute approximate surface area is 135 Å². The number of thiazole rings is 1. The number of aromatic nitrogens is 1. The lowest BCUT2D eigenvalue weighted by molar-refractivity contribution is -0.126. The van der Waals surface area contributed by atoms with Gasteiger partial charge in [-0.2, -0.15) is 0 Å². The Bertz CT molecular complexity index is 540. The first-order chi connectivity index (χ1) is 10.8. The molecule has 0 spiro atoms. The van der Waals surface area contributed by atoms with Gasteiger partial charge in [-0.15, -0.1) is 11.3 Å². The SMILES string of the molecule is O=C1C2CNCCN2CCN1c1ncc(C2CCCCC2)s1. The van der Waals surface area contributed by atoms with E-state index in [1.807, 2.05) is 11.1 Å². The molecule has 1 aromatic heterocycles. The summed E-state index contributed by atoms with van der Waals surface area (Å²) in [5.41, 5.74) is 0. The predicted octanol–water partition coefficient (Wildman–Crippen LogP) is 1.81. The van der Waals surface area contributed by atoms with Crippen LogP contribution in [0, 0.1) is 0 Å². The maximum absolute atomic E-state index is 12.8. The largest absolute Gasteiger partial charge is 0.313 e. The number of carbonyl (C=O) groups is 1. The van der Waals surface area contributed by atoms with Gasteiger partial charge >= 0.3 is 0 Å². The standard InChI is InChI=1S/C16H24N4OS/c21-15-13-10-17-6-7-19(13)8-9-20(15)16-18-11-14(22-16)12-4-2-1-3-5-12/h11-13,17H,1-10H2. The number of hydrogen-bond acceptors (Lipinski definition) is 5. The first kappa shape index (κ1) is 14.6. The number of hydrogen-bond donors (Lipinski definition) is 1. The van der Waals surface area contributed by atoms with Crippen LogP contribution in [0.1, 0.15) is 42.9 Å². The van der Waals surface area contributed by atoms with Crippen LogP contribution in [0.2, 0.25) is 0 Å². The summed E-state index contributed by atoms with van der Waals surface area (Å²) in [5, 5.41) is 4.25. The van der Waals surface area contributed by atoms with Crippen molar-refractivity contribution in [3.63, 3.8) is 0 Å². The summed E-state index contributed by atoms with van der Waals surface area (Å²) in [6.07, 6.45) is 8.64. The van der Waals surface area contributed by atoms with E-state index in [1.54, 1.807) is 11.3 Å². The highest BCUT2D eigenvalue weighted by Crippen LogP contribution is 2.38. The maximum Gasteiger partial charge on any atom is 0.247 e. The van der Waals surface area contributed by atoms with Gasteiger partial charge in [0.1, 0.15) is 6.04 Å². The minimum absolute atomic E-state index is 0.00419. The highest BCUT2D eigenvalue weighted by atomic mass is 32.1. The number of amides is 1. The third-order valence-electron chi connectivity index (χ3n) is 5.27. The number of fused-ring (bicyclic) bond motifs is 1. The third-order valence-corrected chi connectivity index (χ3v) is 6.45. The van der Waals surface area contributed by atoms with Gasteiger partial charge in [-0.1, -0.05) is 19.3 Å². The van der Waals surface area contributed by atoms with Gasteiger partial charge < -0.3 is 5.32 Å². The Hall–Kier alpha value is -0.980. The van der Waals surface area contributed by atoms with Crippen molar-refractivity contribution in [2.75, 3.05) is 37.6 Å². The topological polar surface area (TPSA) is 48.5 Å². The molecule has 4 rings (SSSR count). The van der Waals surface area contributed by atoms with Gasteiger partial charge in [-0.25, -0.2) is 4.98 Å². The second-order valence-corrected chi connectivity index (χ2v) is 7.67. The van der Waals surface area contributed by atoms with Crippen LogP contribution in [0.3, 0.4) is 0 Å². The Morgan fingerprint density at radius 3 is 2.91 bits per heavy atom. The Morgan fingerprint density at radius 2 is 2.05 bits per heavy atom. The molecule has 1 N–H and O–H groups in total. The molecule has 1 aromatic rings. The van der Waals surface area contributed by atoms with E-state index in [2.05, 4.69) is 15.2 Å². The fourth-order valence-corrected chi connectivity index (χ4v) is 5.06. The number of nitrogens with zero attached hydrogens (tertiary/aromatic N) is 3. The molecule has 3 aliphatic rings. The van der Waals surface area contributed by atoms with Crippen LogP contribution in [-0.2, 0) is 4.79 Å².